The zero-order chi connectivity index (χ0) is 25.8. The highest BCUT2D eigenvalue weighted by molar-refractivity contribution is 7.89. The third-order valence-electron chi connectivity index (χ3n) is 6.00. The standard InChI is InChI=1S/C23H29Cl2N3O5S2/c1-3-27(4-2)35(32,33)19-12-10-18(11-13-19)26-23(29)17-7-6-14-28(15-17)34(30,31)16-20-21(24)8-5-9-22(20)25/h5,8-13,17H,3-4,6-7,14-16H2,1-2H3,(H,26,29)/t17-/m1/s1. The minimum Gasteiger partial charge on any atom is -0.326 e. The maximum absolute atomic E-state index is 13.0. The van der Waals surface area contributed by atoms with Crippen LogP contribution in [0, 0.1) is 5.92 Å². The first-order chi connectivity index (χ1) is 16.5. The molecule has 0 unspecified atom stereocenters. The molecule has 0 spiro atoms. The molecule has 1 N–H and O–H groups in total. The van der Waals surface area contributed by atoms with Crippen molar-refractivity contribution in [1.82, 2.24) is 8.61 Å². The van der Waals surface area contributed by atoms with Crippen molar-refractivity contribution in [3.8, 4) is 0 Å². The van der Waals surface area contributed by atoms with Gasteiger partial charge in [-0.05, 0) is 49.2 Å². The molecule has 1 fully saturated rings. The van der Waals surface area contributed by atoms with E-state index in [0.29, 0.717) is 43.7 Å². The Morgan fingerprint density at radius 3 is 2.20 bits per heavy atom. The number of carbonyl (C=O) groups is 1. The quantitative estimate of drug-likeness (QED) is 0.494. The predicted octanol–water partition coefficient (Wildman–Crippen LogP) is 4.20. The number of piperidine rings is 1. The highest BCUT2D eigenvalue weighted by atomic mass is 35.5. The molecule has 1 aliphatic rings. The van der Waals surface area contributed by atoms with Gasteiger partial charge in [-0.1, -0.05) is 43.1 Å². The third kappa shape index (κ3) is 6.55. The number of carbonyl (C=O) groups excluding carboxylic acids is 1. The summed E-state index contributed by atoms with van der Waals surface area (Å²) in [5.74, 6) is -1.21. The third-order valence-corrected chi connectivity index (χ3v) is 10.5. The largest absolute Gasteiger partial charge is 0.326 e. The monoisotopic (exact) mass is 561 g/mol. The van der Waals surface area contributed by atoms with E-state index in [2.05, 4.69) is 5.32 Å². The number of rotatable bonds is 9. The Morgan fingerprint density at radius 2 is 1.63 bits per heavy atom. The van der Waals surface area contributed by atoms with E-state index in [1.165, 1.54) is 32.9 Å². The van der Waals surface area contributed by atoms with E-state index in [9.17, 15) is 21.6 Å². The van der Waals surface area contributed by atoms with Crippen LogP contribution in [0.5, 0.6) is 0 Å². The van der Waals surface area contributed by atoms with Gasteiger partial charge in [0.15, 0.2) is 0 Å². The van der Waals surface area contributed by atoms with Crippen LogP contribution in [0.25, 0.3) is 0 Å². The molecule has 0 aliphatic carbocycles. The number of sulfonamides is 2. The number of benzene rings is 2. The number of hydrogen-bond acceptors (Lipinski definition) is 5. The van der Waals surface area contributed by atoms with Crippen LogP contribution in [0.3, 0.4) is 0 Å². The summed E-state index contributed by atoms with van der Waals surface area (Å²) in [6, 6.07) is 10.8. The van der Waals surface area contributed by atoms with Crippen LogP contribution in [-0.2, 0) is 30.6 Å². The minimum absolute atomic E-state index is 0.0463. The predicted molar refractivity (Wildman–Crippen MR) is 139 cm³/mol. The Balaban J connectivity index is 1.67. The van der Waals surface area contributed by atoms with Gasteiger partial charge in [0, 0.05) is 47.5 Å². The van der Waals surface area contributed by atoms with Gasteiger partial charge in [0.25, 0.3) is 0 Å². The van der Waals surface area contributed by atoms with Crippen molar-refractivity contribution in [3.05, 3.63) is 58.1 Å². The maximum atomic E-state index is 13.0. The summed E-state index contributed by atoms with van der Waals surface area (Å²) in [7, 11) is -7.34. The van der Waals surface area contributed by atoms with E-state index >= 15 is 0 Å². The Morgan fingerprint density at radius 1 is 1.03 bits per heavy atom. The topological polar surface area (TPSA) is 104 Å². The lowest BCUT2D eigenvalue weighted by Crippen LogP contribution is -2.44. The Labute approximate surface area is 217 Å². The van der Waals surface area contributed by atoms with Crippen LogP contribution in [0.15, 0.2) is 47.4 Å². The van der Waals surface area contributed by atoms with Crippen LogP contribution in [0.2, 0.25) is 10.0 Å². The van der Waals surface area contributed by atoms with Gasteiger partial charge in [-0.3, -0.25) is 4.79 Å². The number of halogens is 2. The molecule has 2 aromatic carbocycles. The lowest BCUT2D eigenvalue weighted by Gasteiger charge is -2.31. The molecular weight excluding hydrogens is 533 g/mol. The Kier molecular flexibility index (Phi) is 9.22. The number of nitrogens with one attached hydrogen (secondary N) is 1. The summed E-state index contributed by atoms with van der Waals surface area (Å²) in [5.41, 5.74) is 0.776. The van der Waals surface area contributed by atoms with Crippen molar-refractivity contribution in [2.75, 3.05) is 31.5 Å². The molecule has 8 nitrogen and oxygen atoms in total. The van der Waals surface area contributed by atoms with Crippen LogP contribution >= 0.6 is 23.2 Å². The number of amides is 1. The normalized spacial score (nSPS) is 17.5. The molecule has 1 aliphatic heterocycles. The summed E-state index contributed by atoms with van der Waals surface area (Å²) < 4.78 is 54.0. The van der Waals surface area contributed by atoms with E-state index in [-0.39, 0.29) is 33.1 Å². The fourth-order valence-corrected chi connectivity index (χ4v) is 7.84. The molecule has 2 aromatic rings. The highest BCUT2D eigenvalue weighted by Crippen LogP contribution is 2.29. The molecule has 35 heavy (non-hydrogen) atoms. The number of hydrogen-bond donors (Lipinski definition) is 1. The molecule has 0 bridgehead atoms. The molecule has 3 rings (SSSR count). The smallest absolute Gasteiger partial charge is 0.243 e. The fraction of sp³-hybridized carbons (Fsp3) is 0.435. The minimum atomic E-state index is -3.74. The van der Waals surface area contributed by atoms with Gasteiger partial charge in [-0.15, -0.1) is 0 Å². The second kappa shape index (κ2) is 11.6. The SMILES string of the molecule is CCN(CC)S(=O)(=O)c1ccc(NC(=O)[C@@H]2CCCN(S(=O)(=O)Cc3c(Cl)cccc3Cl)C2)cc1. The summed E-state index contributed by atoms with van der Waals surface area (Å²) in [6.45, 7) is 4.62. The van der Waals surface area contributed by atoms with E-state index in [1.807, 2.05) is 0 Å². The van der Waals surface area contributed by atoms with Gasteiger partial charge in [0.2, 0.25) is 26.0 Å². The summed E-state index contributed by atoms with van der Waals surface area (Å²) in [5, 5.41) is 3.33. The average molecular weight is 563 g/mol. The van der Waals surface area contributed by atoms with E-state index in [4.69, 9.17) is 23.2 Å². The summed E-state index contributed by atoms with van der Waals surface area (Å²) in [6.07, 6.45) is 1.08. The van der Waals surface area contributed by atoms with Gasteiger partial charge in [-0.25, -0.2) is 21.1 Å². The van der Waals surface area contributed by atoms with Gasteiger partial charge >= 0.3 is 0 Å². The van der Waals surface area contributed by atoms with E-state index in [0.717, 1.165) is 0 Å². The molecule has 1 saturated heterocycles. The summed E-state index contributed by atoms with van der Waals surface area (Å²) in [4.78, 5) is 13.0. The lowest BCUT2D eigenvalue weighted by atomic mass is 9.99. The van der Waals surface area contributed by atoms with Crippen LogP contribution in [0.4, 0.5) is 5.69 Å². The van der Waals surface area contributed by atoms with Crippen molar-refractivity contribution in [1.29, 1.82) is 0 Å². The van der Waals surface area contributed by atoms with Gasteiger partial charge < -0.3 is 5.32 Å². The first-order valence-corrected chi connectivity index (χ1v) is 15.1. The Hall–Kier alpha value is -1.69. The summed E-state index contributed by atoms with van der Waals surface area (Å²) >= 11 is 12.3. The molecule has 0 aromatic heterocycles. The zero-order valence-corrected chi connectivity index (χ0v) is 22.7. The van der Waals surface area contributed by atoms with Crippen molar-refractivity contribution >= 4 is 54.8 Å². The van der Waals surface area contributed by atoms with Crippen molar-refractivity contribution < 1.29 is 21.6 Å². The van der Waals surface area contributed by atoms with Crippen LogP contribution < -0.4 is 5.32 Å². The Bertz CT molecular complexity index is 1240. The molecule has 12 heteroatoms. The van der Waals surface area contributed by atoms with Gasteiger partial charge in [0.05, 0.1) is 16.6 Å². The second-order valence-corrected chi connectivity index (χ2v) is 13.0. The number of nitrogens with zero attached hydrogens (tertiary/aromatic N) is 2. The first-order valence-electron chi connectivity index (χ1n) is 11.3. The molecule has 192 valence electrons. The van der Waals surface area contributed by atoms with E-state index < -0.39 is 26.0 Å². The molecular formula is C23H29Cl2N3O5S2. The van der Waals surface area contributed by atoms with Crippen LogP contribution in [0.1, 0.15) is 32.3 Å². The molecule has 0 saturated carbocycles. The van der Waals surface area contributed by atoms with Gasteiger partial charge in [0.1, 0.15) is 0 Å². The van der Waals surface area contributed by atoms with Crippen molar-refractivity contribution in [2.45, 2.75) is 37.3 Å². The van der Waals surface area contributed by atoms with Crippen molar-refractivity contribution in [2.24, 2.45) is 5.92 Å². The molecule has 1 heterocycles. The zero-order valence-electron chi connectivity index (χ0n) is 19.6. The van der Waals surface area contributed by atoms with Crippen molar-refractivity contribution in [3.63, 3.8) is 0 Å². The maximum Gasteiger partial charge on any atom is 0.243 e. The molecule has 0 radical (unpaired) electrons. The molecule has 1 atom stereocenters. The lowest BCUT2D eigenvalue weighted by molar-refractivity contribution is -0.120. The van der Waals surface area contributed by atoms with Crippen LogP contribution in [-0.4, -0.2) is 57.5 Å². The second-order valence-electron chi connectivity index (χ2n) is 8.26. The molecule has 1 amide bonds. The highest BCUT2D eigenvalue weighted by Gasteiger charge is 2.33. The van der Waals surface area contributed by atoms with E-state index in [1.54, 1.807) is 32.0 Å². The average Bonchev–Trinajstić information content (AvgIpc) is 2.82. The fourth-order valence-electron chi connectivity index (χ4n) is 4.02. The number of anilines is 1. The van der Waals surface area contributed by atoms with Gasteiger partial charge in [-0.2, -0.15) is 4.31 Å². The first kappa shape index (κ1) is 27.9.